The van der Waals surface area contributed by atoms with Gasteiger partial charge in [0.1, 0.15) is 0 Å². The summed E-state index contributed by atoms with van der Waals surface area (Å²) in [6, 6.07) is 1.05. The summed E-state index contributed by atoms with van der Waals surface area (Å²) in [6.07, 6.45) is 1.12. The molecule has 3 unspecified atom stereocenters. The molecule has 0 aromatic rings. The van der Waals surface area contributed by atoms with Gasteiger partial charge in [-0.15, -0.1) is 0 Å². The van der Waals surface area contributed by atoms with Crippen molar-refractivity contribution in [3.63, 3.8) is 0 Å². The van der Waals surface area contributed by atoms with E-state index in [1.807, 2.05) is 7.05 Å². The van der Waals surface area contributed by atoms with Gasteiger partial charge in [-0.2, -0.15) is 0 Å². The lowest BCUT2D eigenvalue weighted by Gasteiger charge is -2.35. The number of ether oxygens (including phenoxy) is 2. The maximum absolute atomic E-state index is 5.56. The lowest BCUT2D eigenvalue weighted by molar-refractivity contribution is 0.0113. The highest BCUT2D eigenvalue weighted by atomic mass is 16.5. The predicted octanol–water partition coefficient (Wildman–Crippen LogP) is 0.578. The molecule has 4 heteroatoms. The molecule has 0 amide bonds. The van der Waals surface area contributed by atoms with Gasteiger partial charge >= 0.3 is 0 Å². The highest BCUT2D eigenvalue weighted by Gasteiger charge is 2.26. The lowest BCUT2D eigenvalue weighted by atomic mass is 9.95. The Morgan fingerprint density at radius 1 is 1.56 bits per heavy atom. The van der Waals surface area contributed by atoms with Gasteiger partial charge in [0.05, 0.1) is 13.2 Å². The molecule has 1 fully saturated rings. The Kier molecular flexibility index (Phi) is 6.28. The minimum Gasteiger partial charge on any atom is -0.383 e. The van der Waals surface area contributed by atoms with Crippen LogP contribution in [0.2, 0.25) is 0 Å². The standard InChI is InChI=1S/C12H26N2O2/c1-10(8-15-4)14(3)7-11-9-16-6-5-12(11)13-2/h10-13H,5-9H2,1-4H3. The van der Waals surface area contributed by atoms with Crippen molar-refractivity contribution in [2.45, 2.75) is 25.4 Å². The quantitative estimate of drug-likeness (QED) is 0.723. The Morgan fingerprint density at radius 3 is 2.94 bits per heavy atom. The molecular weight excluding hydrogens is 204 g/mol. The highest BCUT2D eigenvalue weighted by Crippen LogP contribution is 2.16. The molecular formula is C12H26N2O2. The fraction of sp³-hybridized carbons (Fsp3) is 1.00. The van der Waals surface area contributed by atoms with Crippen molar-refractivity contribution in [3.05, 3.63) is 0 Å². The maximum atomic E-state index is 5.56. The first-order valence-electron chi connectivity index (χ1n) is 6.13. The minimum atomic E-state index is 0.462. The lowest BCUT2D eigenvalue weighted by Crippen LogP contribution is -2.48. The molecule has 0 radical (unpaired) electrons. The molecule has 16 heavy (non-hydrogen) atoms. The Morgan fingerprint density at radius 2 is 2.31 bits per heavy atom. The first kappa shape index (κ1) is 13.9. The Balaban J connectivity index is 2.38. The molecule has 1 heterocycles. The van der Waals surface area contributed by atoms with Crippen molar-refractivity contribution in [1.29, 1.82) is 0 Å². The third kappa shape index (κ3) is 4.01. The van der Waals surface area contributed by atoms with Gasteiger partial charge in [-0.1, -0.05) is 0 Å². The molecule has 1 N–H and O–H groups in total. The molecule has 4 nitrogen and oxygen atoms in total. The fourth-order valence-electron chi connectivity index (χ4n) is 2.28. The molecule has 0 saturated carbocycles. The van der Waals surface area contributed by atoms with Gasteiger partial charge in [0, 0.05) is 38.3 Å². The topological polar surface area (TPSA) is 33.7 Å². The molecule has 3 atom stereocenters. The minimum absolute atomic E-state index is 0.462. The number of hydrogen-bond donors (Lipinski definition) is 1. The molecule has 1 aliphatic rings. The van der Waals surface area contributed by atoms with E-state index in [0.29, 0.717) is 18.0 Å². The van der Waals surface area contributed by atoms with Crippen molar-refractivity contribution < 1.29 is 9.47 Å². The SMILES string of the molecule is CNC1CCOCC1CN(C)C(C)COC. The largest absolute Gasteiger partial charge is 0.383 e. The van der Waals surface area contributed by atoms with E-state index in [0.717, 1.165) is 32.8 Å². The molecule has 1 aliphatic heterocycles. The Hall–Kier alpha value is -0.160. The third-order valence-electron chi connectivity index (χ3n) is 3.53. The van der Waals surface area contributed by atoms with Crippen LogP contribution in [-0.4, -0.2) is 64.6 Å². The number of nitrogens with zero attached hydrogens (tertiary/aromatic N) is 1. The van der Waals surface area contributed by atoms with Crippen LogP contribution in [0.3, 0.4) is 0 Å². The summed E-state index contributed by atoms with van der Waals surface area (Å²) in [5.74, 6) is 0.586. The number of nitrogens with one attached hydrogen (secondary N) is 1. The summed E-state index contributed by atoms with van der Waals surface area (Å²) in [4.78, 5) is 2.35. The van der Waals surface area contributed by atoms with Gasteiger partial charge in [0.25, 0.3) is 0 Å². The van der Waals surface area contributed by atoms with Crippen molar-refractivity contribution in [2.24, 2.45) is 5.92 Å². The van der Waals surface area contributed by atoms with E-state index in [9.17, 15) is 0 Å². The summed E-state index contributed by atoms with van der Waals surface area (Å²) in [6.45, 7) is 5.81. The average Bonchev–Trinajstić information content (AvgIpc) is 2.30. The van der Waals surface area contributed by atoms with E-state index in [4.69, 9.17) is 9.47 Å². The van der Waals surface area contributed by atoms with E-state index in [1.54, 1.807) is 7.11 Å². The van der Waals surface area contributed by atoms with Crippen LogP contribution in [0.4, 0.5) is 0 Å². The van der Waals surface area contributed by atoms with Crippen LogP contribution >= 0.6 is 0 Å². The number of hydrogen-bond acceptors (Lipinski definition) is 4. The van der Waals surface area contributed by atoms with E-state index in [2.05, 4.69) is 24.2 Å². The molecule has 0 aromatic heterocycles. The Bertz CT molecular complexity index is 190. The van der Waals surface area contributed by atoms with E-state index < -0.39 is 0 Å². The molecule has 0 spiro atoms. The Labute approximate surface area is 99.3 Å². The van der Waals surface area contributed by atoms with Crippen LogP contribution in [0.15, 0.2) is 0 Å². The first-order chi connectivity index (χ1) is 7.69. The average molecular weight is 230 g/mol. The monoisotopic (exact) mass is 230 g/mol. The normalized spacial score (nSPS) is 28.3. The highest BCUT2D eigenvalue weighted by molar-refractivity contribution is 4.81. The van der Waals surface area contributed by atoms with Gasteiger partial charge in [-0.25, -0.2) is 0 Å². The van der Waals surface area contributed by atoms with Crippen LogP contribution in [-0.2, 0) is 9.47 Å². The van der Waals surface area contributed by atoms with Crippen molar-refractivity contribution in [3.8, 4) is 0 Å². The summed E-state index contributed by atoms with van der Waals surface area (Å²) in [5.41, 5.74) is 0. The summed E-state index contributed by atoms with van der Waals surface area (Å²) >= 11 is 0. The van der Waals surface area contributed by atoms with E-state index in [1.165, 1.54) is 0 Å². The third-order valence-corrected chi connectivity index (χ3v) is 3.53. The summed E-state index contributed by atoms with van der Waals surface area (Å²) in [5, 5.41) is 3.39. The zero-order valence-corrected chi connectivity index (χ0v) is 11.0. The maximum Gasteiger partial charge on any atom is 0.0615 e. The van der Waals surface area contributed by atoms with Gasteiger partial charge < -0.3 is 19.7 Å². The zero-order valence-electron chi connectivity index (χ0n) is 11.0. The molecule has 0 aromatic carbocycles. The van der Waals surface area contributed by atoms with Crippen LogP contribution in [0, 0.1) is 5.92 Å². The van der Waals surface area contributed by atoms with Gasteiger partial charge in [-0.05, 0) is 27.4 Å². The smallest absolute Gasteiger partial charge is 0.0615 e. The second-order valence-electron chi connectivity index (χ2n) is 4.76. The summed E-state index contributed by atoms with van der Waals surface area (Å²) in [7, 11) is 5.96. The van der Waals surface area contributed by atoms with E-state index in [-0.39, 0.29) is 0 Å². The van der Waals surface area contributed by atoms with Gasteiger partial charge in [0.15, 0.2) is 0 Å². The second-order valence-corrected chi connectivity index (χ2v) is 4.76. The molecule has 1 rings (SSSR count). The van der Waals surface area contributed by atoms with Crippen LogP contribution in [0.25, 0.3) is 0 Å². The van der Waals surface area contributed by atoms with Gasteiger partial charge in [-0.3, -0.25) is 0 Å². The fourth-order valence-corrected chi connectivity index (χ4v) is 2.28. The predicted molar refractivity (Wildman–Crippen MR) is 65.7 cm³/mol. The van der Waals surface area contributed by atoms with E-state index >= 15 is 0 Å². The number of likely N-dealkylation sites (N-methyl/N-ethyl adjacent to an activating group) is 1. The van der Waals surface area contributed by atoms with Crippen molar-refractivity contribution >= 4 is 0 Å². The summed E-state index contributed by atoms with van der Waals surface area (Å²) < 4.78 is 10.7. The van der Waals surface area contributed by atoms with Crippen LogP contribution < -0.4 is 5.32 Å². The van der Waals surface area contributed by atoms with Gasteiger partial charge in [0.2, 0.25) is 0 Å². The second kappa shape index (κ2) is 7.22. The van der Waals surface area contributed by atoms with Crippen LogP contribution in [0.1, 0.15) is 13.3 Å². The van der Waals surface area contributed by atoms with Crippen LogP contribution in [0.5, 0.6) is 0 Å². The molecule has 0 aliphatic carbocycles. The molecule has 96 valence electrons. The number of methoxy groups -OCH3 is 1. The zero-order chi connectivity index (χ0) is 12.0. The van der Waals surface area contributed by atoms with Crippen molar-refractivity contribution in [2.75, 3.05) is 47.6 Å². The molecule has 0 bridgehead atoms. The first-order valence-corrected chi connectivity index (χ1v) is 6.13. The van der Waals surface area contributed by atoms with Crippen molar-refractivity contribution in [1.82, 2.24) is 10.2 Å². The molecule has 1 saturated heterocycles. The number of rotatable bonds is 6.